The second-order valence-electron chi connectivity index (χ2n) is 9.63. The van der Waals surface area contributed by atoms with E-state index in [1.54, 1.807) is 12.1 Å². The van der Waals surface area contributed by atoms with Gasteiger partial charge in [-0.3, -0.25) is 15.6 Å². The van der Waals surface area contributed by atoms with Gasteiger partial charge in [-0.05, 0) is 43.4 Å². The maximum Gasteiger partial charge on any atom is 0.242 e. The molecule has 4 unspecified atom stereocenters. The maximum atomic E-state index is 13.5. The first-order chi connectivity index (χ1) is 16.8. The van der Waals surface area contributed by atoms with Gasteiger partial charge in [0, 0.05) is 43.8 Å². The zero-order valence-electron chi connectivity index (χ0n) is 19.1. The molecule has 35 heavy (non-hydrogen) atoms. The Kier molecular flexibility index (Phi) is 7.21. The summed E-state index contributed by atoms with van der Waals surface area (Å²) in [6.45, 7) is 3.32. The number of alkyl halides is 2. The lowest BCUT2D eigenvalue weighted by Crippen LogP contribution is -2.62. The fraction of sp³-hybridized carbons (Fsp3) is 0.682. The van der Waals surface area contributed by atoms with E-state index < -0.39 is 45.6 Å². The van der Waals surface area contributed by atoms with Crippen molar-refractivity contribution in [3.8, 4) is 0 Å². The molecule has 0 spiro atoms. The summed E-state index contributed by atoms with van der Waals surface area (Å²) in [5.41, 5.74) is 7.21. The smallest absolute Gasteiger partial charge is 0.242 e. The number of amides is 1. The lowest BCUT2D eigenvalue weighted by molar-refractivity contribution is -0.122. The fourth-order valence-corrected chi connectivity index (χ4v) is 8.31. The molecular formula is C22H30ClF2N5O4S. The van der Waals surface area contributed by atoms with Gasteiger partial charge in [0.2, 0.25) is 22.4 Å². The average Bonchev–Trinajstić information content (AvgIpc) is 3.26. The van der Waals surface area contributed by atoms with Crippen molar-refractivity contribution in [3.05, 3.63) is 23.2 Å². The minimum atomic E-state index is -3.97. The second-order valence-corrected chi connectivity index (χ2v) is 12.1. The molecule has 13 heteroatoms. The number of hydrazine groups is 1. The summed E-state index contributed by atoms with van der Waals surface area (Å²) >= 11 is 6.45. The third-order valence-corrected chi connectivity index (χ3v) is 10.2. The third-order valence-electron chi connectivity index (χ3n) is 7.59. The number of fused-ring (bicyclic) bond motifs is 1. The van der Waals surface area contributed by atoms with Gasteiger partial charge >= 0.3 is 0 Å². The van der Waals surface area contributed by atoms with Gasteiger partial charge in [0.1, 0.15) is 6.04 Å². The molecule has 194 valence electrons. The first kappa shape index (κ1) is 25.1. The van der Waals surface area contributed by atoms with E-state index in [1.807, 2.05) is 6.07 Å². The number of carbonyl (C=O) groups excluding carboxylic acids is 1. The summed E-state index contributed by atoms with van der Waals surface area (Å²) in [5, 5.41) is 2.25. The summed E-state index contributed by atoms with van der Waals surface area (Å²) in [4.78, 5) is 15.1. The van der Waals surface area contributed by atoms with Crippen LogP contribution in [0.4, 0.5) is 20.2 Å². The number of sulfonamides is 1. The summed E-state index contributed by atoms with van der Waals surface area (Å²) in [7, 11) is -3.97. The van der Waals surface area contributed by atoms with E-state index in [1.165, 1.54) is 4.31 Å². The molecule has 0 bridgehead atoms. The standard InChI is InChI=1S/C22H30ClF2N5O4S/c23-16-11-15(1-2-17(16)29-5-7-34-8-6-29)27-22(31)18-3-4-30(18)35(32,33)19-10-13(21(24)25)9-14-12-26-28-20(14)19/h1-2,11,13-14,18-21,26,28H,3-10,12H2,(H,27,31)/t13?,14?,18-,19?,20?/m1/s1. The number of morpholine rings is 1. The minimum Gasteiger partial charge on any atom is -0.378 e. The topological polar surface area (TPSA) is 103 Å². The Labute approximate surface area is 208 Å². The van der Waals surface area contributed by atoms with Crippen molar-refractivity contribution in [1.82, 2.24) is 15.2 Å². The monoisotopic (exact) mass is 533 g/mol. The number of anilines is 2. The van der Waals surface area contributed by atoms with E-state index in [9.17, 15) is 22.0 Å². The molecule has 4 aliphatic rings. The normalized spacial score (nSPS) is 31.8. The number of halogens is 3. The number of nitrogens with one attached hydrogen (secondary N) is 3. The minimum absolute atomic E-state index is 0.126. The van der Waals surface area contributed by atoms with Crippen LogP contribution in [0.2, 0.25) is 5.02 Å². The summed E-state index contributed by atoms with van der Waals surface area (Å²) < 4.78 is 60.6. The number of hydrogen-bond donors (Lipinski definition) is 3. The van der Waals surface area contributed by atoms with Crippen molar-refractivity contribution in [3.63, 3.8) is 0 Å². The van der Waals surface area contributed by atoms with Crippen LogP contribution in [0.25, 0.3) is 0 Å². The molecule has 1 aromatic carbocycles. The van der Waals surface area contributed by atoms with Crippen molar-refractivity contribution in [2.24, 2.45) is 11.8 Å². The Morgan fingerprint density at radius 1 is 1.20 bits per heavy atom. The van der Waals surface area contributed by atoms with Crippen LogP contribution in [-0.4, -0.2) is 81.8 Å². The molecule has 3 aliphatic heterocycles. The molecule has 5 atom stereocenters. The van der Waals surface area contributed by atoms with Crippen LogP contribution in [0, 0.1) is 11.8 Å². The number of ether oxygens (including phenoxy) is 1. The maximum absolute atomic E-state index is 13.5. The molecule has 5 rings (SSSR count). The summed E-state index contributed by atoms with van der Waals surface area (Å²) in [6, 6.07) is 3.88. The first-order valence-electron chi connectivity index (χ1n) is 12.0. The summed E-state index contributed by atoms with van der Waals surface area (Å²) in [6.07, 6.45) is -2.05. The van der Waals surface area contributed by atoms with Crippen molar-refractivity contribution in [2.75, 3.05) is 49.6 Å². The molecule has 3 heterocycles. The largest absolute Gasteiger partial charge is 0.378 e. The van der Waals surface area contributed by atoms with E-state index in [0.717, 1.165) is 18.8 Å². The van der Waals surface area contributed by atoms with E-state index in [2.05, 4.69) is 21.1 Å². The van der Waals surface area contributed by atoms with Gasteiger partial charge < -0.3 is 15.0 Å². The Balaban J connectivity index is 1.27. The molecule has 3 saturated heterocycles. The number of rotatable bonds is 6. The first-order valence-corrected chi connectivity index (χ1v) is 13.8. The zero-order valence-corrected chi connectivity index (χ0v) is 20.7. The molecule has 9 nitrogen and oxygen atoms in total. The van der Waals surface area contributed by atoms with E-state index >= 15 is 0 Å². The molecule has 1 saturated carbocycles. The van der Waals surface area contributed by atoms with Crippen molar-refractivity contribution in [2.45, 2.75) is 43.0 Å². The molecule has 0 radical (unpaired) electrons. The number of nitrogens with zero attached hydrogens (tertiary/aromatic N) is 2. The quantitative estimate of drug-likeness (QED) is 0.511. The molecular weight excluding hydrogens is 504 g/mol. The SMILES string of the molecule is O=C(Nc1ccc(N2CCOCC2)c(Cl)c1)[C@H]1CCN1S(=O)(=O)C1CC(C(F)F)CC2CNNC21. The van der Waals surface area contributed by atoms with Gasteiger partial charge in [-0.2, -0.15) is 4.31 Å². The van der Waals surface area contributed by atoms with Crippen LogP contribution in [0.3, 0.4) is 0 Å². The Morgan fingerprint density at radius 2 is 1.97 bits per heavy atom. The van der Waals surface area contributed by atoms with Crippen LogP contribution in [0.1, 0.15) is 19.3 Å². The van der Waals surface area contributed by atoms with Gasteiger partial charge in [0.05, 0.1) is 29.2 Å². The third kappa shape index (κ3) is 4.88. The van der Waals surface area contributed by atoms with E-state index in [-0.39, 0.29) is 25.3 Å². The van der Waals surface area contributed by atoms with E-state index in [0.29, 0.717) is 36.9 Å². The van der Waals surface area contributed by atoms with Gasteiger partial charge in [0.15, 0.2) is 0 Å². The molecule has 3 N–H and O–H groups in total. The molecule has 1 aromatic rings. The highest BCUT2D eigenvalue weighted by Gasteiger charge is 2.53. The lowest BCUT2D eigenvalue weighted by Gasteiger charge is -2.44. The molecule has 4 fully saturated rings. The van der Waals surface area contributed by atoms with Gasteiger partial charge in [-0.1, -0.05) is 11.6 Å². The van der Waals surface area contributed by atoms with Crippen molar-refractivity contribution >= 4 is 38.9 Å². The summed E-state index contributed by atoms with van der Waals surface area (Å²) in [5.74, 6) is -1.62. The van der Waals surface area contributed by atoms with Gasteiger partial charge in [-0.25, -0.2) is 17.2 Å². The highest BCUT2D eigenvalue weighted by atomic mass is 35.5. The Bertz CT molecular complexity index is 1060. The van der Waals surface area contributed by atoms with Crippen LogP contribution in [0.5, 0.6) is 0 Å². The van der Waals surface area contributed by atoms with Gasteiger partial charge in [0.25, 0.3) is 0 Å². The molecule has 0 aromatic heterocycles. The number of hydrogen-bond acceptors (Lipinski definition) is 7. The van der Waals surface area contributed by atoms with Crippen LogP contribution < -0.4 is 21.1 Å². The highest BCUT2D eigenvalue weighted by molar-refractivity contribution is 7.89. The highest BCUT2D eigenvalue weighted by Crippen LogP contribution is 2.40. The Morgan fingerprint density at radius 3 is 2.63 bits per heavy atom. The van der Waals surface area contributed by atoms with Crippen LogP contribution in [0.15, 0.2) is 18.2 Å². The predicted octanol–water partition coefficient (Wildman–Crippen LogP) is 1.66. The zero-order chi connectivity index (χ0) is 24.7. The van der Waals surface area contributed by atoms with Gasteiger partial charge in [-0.15, -0.1) is 0 Å². The van der Waals surface area contributed by atoms with Crippen LogP contribution >= 0.6 is 11.6 Å². The fourth-order valence-electron chi connectivity index (χ4n) is 5.60. The van der Waals surface area contributed by atoms with Crippen molar-refractivity contribution in [1.29, 1.82) is 0 Å². The molecule has 1 aliphatic carbocycles. The Hall–Kier alpha value is -1.57. The average molecular weight is 534 g/mol. The predicted molar refractivity (Wildman–Crippen MR) is 128 cm³/mol. The van der Waals surface area contributed by atoms with Crippen molar-refractivity contribution < 1.29 is 26.7 Å². The lowest BCUT2D eigenvalue weighted by atomic mass is 9.79. The molecule has 1 amide bonds. The van der Waals surface area contributed by atoms with Crippen LogP contribution in [-0.2, 0) is 19.6 Å². The number of carbonyl (C=O) groups is 1. The van der Waals surface area contributed by atoms with E-state index in [4.69, 9.17) is 16.3 Å². The second kappa shape index (κ2) is 10.1. The number of benzene rings is 1.